The Bertz CT molecular complexity index is 682. The second kappa shape index (κ2) is 5.81. The molecule has 2 aromatic rings. The third-order valence-corrected chi connectivity index (χ3v) is 4.61. The first kappa shape index (κ1) is 14.0. The quantitative estimate of drug-likeness (QED) is 0.800. The summed E-state index contributed by atoms with van der Waals surface area (Å²) in [4.78, 5) is 30.4. The maximum absolute atomic E-state index is 12.7. The van der Waals surface area contributed by atoms with E-state index in [9.17, 15) is 9.59 Å². The summed E-state index contributed by atoms with van der Waals surface area (Å²) in [7, 11) is 1.36. The third kappa shape index (κ3) is 2.63. The lowest BCUT2D eigenvalue weighted by molar-refractivity contribution is -0.147. The van der Waals surface area contributed by atoms with Crippen LogP contribution in [0.2, 0.25) is 0 Å². The Morgan fingerprint density at radius 2 is 2.24 bits per heavy atom. The first-order valence-electron chi connectivity index (χ1n) is 6.93. The molecular weight excluding hydrogens is 288 g/mol. The minimum Gasteiger partial charge on any atom is -0.467 e. The van der Waals surface area contributed by atoms with Gasteiger partial charge in [0, 0.05) is 12.1 Å². The van der Waals surface area contributed by atoms with E-state index in [2.05, 4.69) is 4.98 Å². The highest BCUT2D eigenvalue weighted by Gasteiger charge is 2.33. The molecule has 1 aliphatic rings. The van der Waals surface area contributed by atoms with Crippen molar-refractivity contribution in [2.45, 2.75) is 25.3 Å². The van der Waals surface area contributed by atoms with E-state index in [1.807, 2.05) is 12.1 Å². The Balaban J connectivity index is 1.89. The lowest BCUT2D eigenvalue weighted by atomic mass is 10.0. The molecule has 1 aliphatic heterocycles. The van der Waals surface area contributed by atoms with E-state index in [1.165, 1.54) is 18.4 Å². The van der Waals surface area contributed by atoms with Gasteiger partial charge in [-0.25, -0.2) is 9.78 Å². The molecule has 110 valence electrons. The van der Waals surface area contributed by atoms with Gasteiger partial charge in [-0.2, -0.15) is 0 Å². The van der Waals surface area contributed by atoms with E-state index in [0.717, 1.165) is 23.1 Å². The summed E-state index contributed by atoms with van der Waals surface area (Å²) in [6.45, 7) is 0.597. The number of thiazole rings is 1. The van der Waals surface area contributed by atoms with Crippen molar-refractivity contribution in [3.8, 4) is 0 Å². The van der Waals surface area contributed by atoms with Crippen LogP contribution in [-0.4, -0.2) is 41.5 Å². The van der Waals surface area contributed by atoms with Gasteiger partial charge in [-0.15, -0.1) is 11.3 Å². The highest BCUT2D eigenvalue weighted by atomic mass is 32.1. The number of nitrogens with zero attached hydrogens (tertiary/aromatic N) is 2. The van der Waals surface area contributed by atoms with E-state index in [1.54, 1.807) is 16.5 Å². The van der Waals surface area contributed by atoms with Gasteiger partial charge in [0.2, 0.25) is 0 Å². The average molecular weight is 304 g/mol. The molecule has 0 spiro atoms. The second-order valence-corrected chi connectivity index (χ2v) is 5.95. The van der Waals surface area contributed by atoms with Crippen molar-refractivity contribution in [3.63, 3.8) is 0 Å². The summed E-state index contributed by atoms with van der Waals surface area (Å²) in [6.07, 6.45) is 2.53. The number of hydrogen-bond acceptors (Lipinski definition) is 5. The molecule has 1 fully saturated rings. The number of aromatic nitrogens is 1. The number of carbonyl (C=O) groups is 2. The highest BCUT2D eigenvalue weighted by molar-refractivity contribution is 7.16. The number of amides is 1. The van der Waals surface area contributed by atoms with E-state index in [-0.39, 0.29) is 11.9 Å². The zero-order chi connectivity index (χ0) is 14.8. The van der Waals surface area contributed by atoms with Crippen LogP contribution in [0.4, 0.5) is 0 Å². The zero-order valence-electron chi connectivity index (χ0n) is 11.7. The number of piperidine rings is 1. The molecule has 1 aromatic carbocycles. The Morgan fingerprint density at radius 1 is 1.38 bits per heavy atom. The van der Waals surface area contributed by atoms with Crippen LogP contribution in [0.25, 0.3) is 10.2 Å². The van der Waals surface area contributed by atoms with Crippen molar-refractivity contribution < 1.29 is 14.3 Å². The standard InChI is InChI=1S/C15H16N2O3S/c1-20-15(19)12-4-2-3-7-17(12)14(18)10-5-6-11-13(8-10)21-9-16-11/h5-6,8-9,12H,2-4,7H2,1H3. The van der Waals surface area contributed by atoms with Crippen LogP contribution in [0.5, 0.6) is 0 Å². The Labute approximate surface area is 126 Å². The van der Waals surface area contributed by atoms with E-state index >= 15 is 0 Å². The van der Waals surface area contributed by atoms with Gasteiger partial charge < -0.3 is 9.64 Å². The second-order valence-electron chi connectivity index (χ2n) is 5.07. The molecule has 0 aliphatic carbocycles. The van der Waals surface area contributed by atoms with Crippen LogP contribution < -0.4 is 0 Å². The van der Waals surface area contributed by atoms with Crippen molar-refractivity contribution in [1.82, 2.24) is 9.88 Å². The SMILES string of the molecule is COC(=O)C1CCCCN1C(=O)c1ccc2ncsc2c1. The minimum atomic E-state index is -0.464. The average Bonchev–Trinajstić information content (AvgIpc) is 3.01. The van der Waals surface area contributed by atoms with Gasteiger partial charge in [0.1, 0.15) is 6.04 Å². The van der Waals surface area contributed by atoms with E-state index in [0.29, 0.717) is 18.5 Å². The van der Waals surface area contributed by atoms with Crippen molar-refractivity contribution in [2.75, 3.05) is 13.7 Å². The first-order chi connectivity index (χ1) is 10.2. The van der Waals surface area contributed by atoms with Crippen LogP contribution >= 0.6 is 11.3 Å². The maximum Gasteiger partial charge on any atom is 0.328 e. The summed E-state index contributed by atoms with van der Waals surface area (Å²) >= 11 is 1.50. The molecule has 0 bridgehead atoms. The molecule has 5 nitrogen and oxygen atoms in total. The number of esters is 1. The molecule has 21 heavy (non-hydrogen) atoms. The number of methoxy groups -OCH3 is 1. The Kier molecular flexibility index (Phi) is 3.88. The van der Waals surface area contributed by atoms with Gasteiger partial charge in [0.25, 0.3) is 5.91 Å². The first-order valence-corrected chi connectivity index (χ1v) is 7.80. The minimum absolute atomic E-state index is 0.111. The number of ether oxygens (including phenoxy) is 1. The van der Waals surface area contributed by atoms with Crippen LogP contribution in [0, 0.1) is 0 Å². The number of benzene rings is 1. The molecule has 0 radical (unpaired) electrons. The van der Waals surface area contributed by atoms with Gasteiger partial charge in [-0.3, -0.25) is 4.79 Å². The Morgan fingerprint density at radius 3 is 3.05 bits per heavy atom. The zero-order valence-corrected chi connectivity index (χ0v) is 12.6. The summed E-state index contributed by atoms with van der Waals surface area (Å²) in [6, 6.07) is 5.00. The molecule has 3 rings (SSSR count). The van der Waals surface area contributed by atoms with E-state index < -0.39 is 6.04 Å². The maximum atomic E-state index is 12.7. The number of rotatable bonds is 2. The van der Waals surface area contributed by atoms with Crippen molar-refractivity contribution >= 4 is 33.4 Å². The predicted molar refractivity (Wildman–Crippen MR) is 80.3 cm³/mol. The van der Waals surface area contributed by atoms with Gasteiger partial charge in [-0.1, -0.05) is 0 Å². The Hall–Kier alpha value is -1.95. The summed E-state index contributed by atoms with van der Waals surface area (Å²) in [5.74, 6) is -0.442. The number of hydrogen-bond donors (Lipinski definition) is 0. The molecule has 1 atom stereocenters. The van der Waals surface area contributed by atoms with Crippen LogP contribution in [0.3, 0.4) is 0 Å². The molecule has 1 aromatic heterocycles. The number of carbonyl (C=O) groups excluding carboxylic acids is 2. The predicted octanol–water partition coefficient (Wildman–Crippen LogP) is 2.46. The van der Waals surface area contributed by atoms with Crippen molar-refractivity contribution in [3.05, 3.63) is 29.3 Å². The van der Waals surface area contributed by atoms with Gasteiger partial charge in [0.05, 0.1) is 22.8 Å². The third-order valence-electron chi connectivity index (χ3n) is 3.82. The van der Waals surface area contributed by atoms with Gasteiger partial charge >= 0.3 is 5.97 Å². The molecule has 2 heterocycles. The number of fused-ring (bicyclic) bond motifs is 1. The summed E-state index contributed by atoms with van der Waals surface area (Å²) in [5.41, 5.74) is 3.25. The van der Waals surface area contributed by atoms with Crippen LogP contribution in [0.15, 0.2) is 23.7 Å². The van der Waals surface area contributed by atoms with Crippen LogP contribution in [0.1, 0.15) is 29.6 Å². The fourth-order valence-corrected chi connectivity index (χ4v) is 3.43. The highest BCUT2D eigenvalue weighted by Crippen LogP contribution is 2.24. The van der Waals surface area contributed by atoms with E-state index in [4.69, 9.17) is 4.74 Å². The fraction of sp³-hybridized carbons (Fsp3) is 0.400. The molecule has 0 N–H and O–H groups in total. The van der Waals surface area contributed by atoms with Crippen molar-refractivity contribution in [2.24, 2.45) is 0 Å². The van der Waals surface area contributed by atoms with Crippen molar-refractivity contribution in [1.29, 1.82) is 0 Å². The molecule has 1 unspecified atom stereocenters. The monoisotopic (exact) mass is 304 g/mol. The molecule has 0 saturated carbocycles. The lowest BCUT2D eigenvalue weighted by Gasteiger charge is -2.33. The fourth-order valence-electron chi connectivity index (χ4n) is 2.71. The number of likely N-dealkylation sites (tertiary alicyclic amines) is 1. The summed E-state index contributed by atoms with van der Waals surface area (Å²) < 4.78 is 5.80. The summed E-state index contributed by atoms with van der Waals surface area (Å²) in [5, 5.41) is 0. The van der Waals surface area contributed by atoms with Gasteiger partial charge in [0.15, 0.2) is 0 Å². The molecular formula is C15H16N2O3S. The normalized spacial score (nSPS) is 18.7. The molecule has 1 saturated heterocycles. The topological polar surface area (TPSA) is 59.5 Å². The molecule has 6 heteroatoms. The van der Waals surface area contributed by atoms with Crippen LogP contribution in [-0.2, 0) is 9.53 Å². The lowest BCUT2D eigenvalue weighted by Crippen LogP contribution is -2.48. The van der Waals surface area contributed by atoms with Gasteiger partial charge in [-0.05, 0) is 37.5 Å². The largest absolute Gasteiger partial charge is 0.467 e. The molecule has 1 amide bonds. The smallest absolute Gasteiger partial charge is 0.328 e.